The Balaban J connectivity index is 0.00000106. The summed E-state index contributed by atoms with van der Waals surface area (Å²) in [6, 6.07) is 9.16. The van der Waals surface area contributed by atoms with Crippen LogP contribution >= 0.6 is 0 Å². The van der Waals surface area contributed by atoms with E-state index in [1.807, 2.05) is 33.8 Å². The summed E-state index contributed by atoms with van der Waals surface area (Å²) < 4.78 is 5.43. The normalized spacial score (nSPS) is 8.19. The smallest absolute Gasteiger partial charge is 0.119 e. The monoisotopic (exact) mass is 217 g/mol. The van der Waals surface area contributed by atoms with E-state index in [2.05, 4.69) is 6.07 Å². The van der Waals surface area contributed by atoms with E-state index in [9.17, 15) is 0 Å². The fourth-order valence-electron chi connectivity index (χ4n) is 0.930. The van der Waals surface area contributed by atoms with Gasteiger partial charge < -0.3 is 4.74 Å². The van der Waals surface area contributed by atoms with Gasteiger partial charge in [-0.3, -0.25) is 0 Å². The van der Waals surface area contributed by atoms with Gasteiger partial charge in [-0.15, -0.1) is 0 Å². The van der Waals surface area contributed by atoms with Gasteiger partial charge in [-0.1, -0.05) is 19.4 Å². The Labute approximate surface area is 98.2 Å². The van der Waals surface area contributed by atoms with Crippen LogP contribution in [0.4, 0.5) is 0 Å². The van der Waals surface area contributed by atoms with Gasteiger partial charge in [0.05, 0.1) is 11.6 Å². The van der Waals surface area contributed by atoms with E-state index in [1.165, 1.54) is 5.57 Å². The second kappa shape index (κ2) is 8.55. The summed E-state index contributed by atoms with van der Waals surface area (Å²) in [6.07, 6.45) is 2.01. The zero-order valence-corrected chi connectivity index (χ0v) is 10.4. The molecular weight excluding hydrogens is 198 g/mol. The molecular formula is C14H19NO. The maximum atomic E-state index is 8.58. The molecule has 0 spiro atoms. The van der Waals surface area contributed by atoms with Crippen molar-refractivity contribution in [2.75, 3.05) is 6.61 Å². The number of ether oxygens (including phenoxy) is 1. The van der Waals surface area contributed by atoms with Crippen molar-refractivity contribution in [1.29, 1.82) is 5.26 Å². The lowest BCUT2D eigenvalue weighted by molar-refractivity contribution is 0.362. The van der Waals surface area contributed by atoms with Crippen molar-refractivity contribution < 1.29 is 4.74 Å². The summed E-state index contributed by atoms with van der Waals surface area (Å²) >= 11 is 0. The summed E-state index contributed by atoms with van der Waals surface area (Å²) in [4.78, 5) is 0. The maximum absolute atomic E-state index is 8.58. The van der Waals surface area contributed by atoms with E-state index in [0.717, 1.165) is 5.75 Å². The van der Waals surface area contributed by atoms with Gasteiger partial charge in [-0.25, -0.2) is 0 Å². The molecule has 0 aromatic heterocycles. The molecule has 1 aromatic carbocycles. The predicted octanol–water partition coefficient (Wildman–Crippen LogP) is 3.93. The number of allylic oxidation sites excluding steroid dienone is 1. The van der Waals surface area contributed by atoms with Gasteiger partial charge in [0.2, 0.25) is 0 Å². The Morgan fingerprint density at radius 3 is 2.25 bits per heavy atom. The number of rotatable bonds is 3. The lowest BCUT2D eigenvalue weighted by Gasteiger charge is -2.02. The molecule has 1 rings (SSSR count). The Morgan fingerprint density at radius 2 is 1.81 bits per heavy atom. The molecule has 0 aliphatic rings. The zero-order valence-electron chi connectivity index (χ0n) is 10.4. The van der Waals surface area contributed by atoms with Crippen LogP contribution in [0.2, 0.25) is 0 Å². The molecule has 0 amide bonds. The van der Waals surface area contributed by atoms with Gasteiger partial charge in [-0.05, 0) is 44.2 Å². The van der Waals surface area contributed by atoms with E-state index in [-0.39, 0.29) is 0 Å². The maximum Gasteiger partial charge on any atom is 0.119 e. The molecule has 1 aromatic rings. The number of hydrogen-bond donors (Lipinski definition) is 0. The second-order valence-corrected chi connectivity index (χ2v) is 3.23. The largest absolute Gasteiger partial charge is 0.490 e. The molecule has 0 saturated carbocycles. The third kappa shape index (κ3) is 5.87. The molecule has 0 heterocycles. The highest BCUT2D eigenvalue weighted by Gasteiger charge is 1.92. The summed E-state index contributed by atoms with van der Waals surface area (Å²) in [6.45, 7) is 8.64. The minimum absolute atomic E-state index is 0.578. The van der Waals surface area contributed by atoms with Gasteiger partial charge in [0.15, 0.2) is 0 Å². The number of nitrogens with zero attached hydrogens (tertiary/aromatic N) is 1. The van der Waals surface area contributed by atoms with Crippen LogP contribution in [0.1, 0.15) is 33.3 Å². The Bertz CT molecular complexity index is 353. The van der Waals surface area contributed by atoms with E-state index < -0.39 is 0 Å². The van der Waals surface area contributed by atoms with Crippen LogP contribution in [-0.4, -0.2) is 6.61 Å². The first-order valence-corrected chi connectivity index (χ1v) is 5.48. The van der Waals surface area contributed by atoms with Crippen molar-refractivity contribution in [3.63, 3.8) is 0 Å². The van der Waals surface area contributed by atoms with Crippen LogP contribution in [0.5, 0.6) is 5.75 Å². The molecule has 0 aliphatic heterocycles. The minimum atomic E-state index is 0.578. The Kier molecular flexibility index (Phi) is 7.61. The number of benzene rings is 1. The van der Waals surface area contributed by atoms with Gasteiger partial charge in [0.25, 0.3) is 0 Å². The van der Waals surface area contributed by atoms with Crippen LogP contribution in [0, 0.1) is 11.3 Å². The Morgan fingerprint density at radius 1 is 1.25 bits per heavy atom. The van der Waals surface area contributed by atoms with Gasteiger partial charge in [0.1, 0.15) is 12.4 Å². The molecule has 0 saturated heterocycles. The van der Waals surface area contributed by atoms with Crippen molar-refractivity contribution in [1.82, 2.24) is 0 Å². The lowest BCUT2D eigenvalue weighted by atomic mass is 10.2. The quantitative estimate of drug-likeness (QED) is 0.719. The standard InChI is InChI=1S/C12H13NO.C2H6/c1-10(2)7-8-14-12-5-3-11(9-13)4-6-12;1-2/h3-7H,8H2,1-2H3;1-2H3. The Hall–Kier alpha value is -1.75. The molecule has 2 heteroatoms. The lowest BCUT2D eigenvalue weighted by Crippen LogP contribution is -1.93. The van der Waals surface area contributed by atoms with Crippen LogP contribution < -0.4 is 4.74 Å². The van der Waals surface area contributed by atoms with Crippen molar-refractivity contribution in [3.05, 3.63) is 41.5 Å². The first-order chi connectivity index (χ1) is 7.72. The fraction of sp³-hybridized carbons (Fsp3) is 0.357. The highest BCUT2D eigenvalue weighted by atomic mass is 16.5. The highest BCUT2D eigenvalue weighted by molar-refractivity contribution is 5.34. The van der Waals surface area contributed by atoms with E-state index >= 15 is 0 Å². The predicted molar refractivity (Wildman–Crippen MR) is 67.4 cm³/mol. The van der Waals surface area contributed by atoms with Gasteiger partial charge >= 0.3 is 0 Å². The summed E-state index contributed by atoms with van der Waals surface area (Å²) in [5.74, 6) is 0.793. The number of nitriles is 1. The first kappa shape index (κ1) is 14.2. The highest BCUT2D eigenvalue weighted by Crippen LogP contribution is 2.11. The average molecular weight is 217 g/mol. The summed E-state index contributed by atoms with van der Waals surface area (Å²) in [5, 5.41) is 8.58. The molecule has 86 valence electrons. The molecule has 0 unspecified atom stereocenters. The molecule has 16 heavy (non-hydrogen) atoms. The van der Waals surface area contributed by atoms with E-state index in [4.69, 9.17) is 10.00 Å². The van der Waals surface area contributed by atoms with Crippen LogP contribution in [0.15, 0.2) is 35.9 Å². The first-order valence-electron chi connectivity index (χ1n) is 5.48. The van der Waals surface area contributed by atoms with E-state index in [0.29, 0.717) is 12.2 Å². The summed E-state index contributed by atoms with van der Waals surface area (Å²) in [5.41, 5.74) is 1.89. The molecule has 0 fully saturated rings. The molecule has 0 aliphatic carbocycles. The fourth-order valence-corrected chi connectivity index (χ4v) is 0.930. The molecule has 0 N–H and O–H groups in total. The van der Waals surface area contributed by atoms with Crippen molar-refractivity contribution in [2.24, 2.45) is 0 Å². The SMILES string of the molecule is CC.CC(C)=CCOc1ccc(C#N)cc1. The van der Waals surface area contributed by atoms with Crippen LogP contribution in [0.25, 0.3) is 0 Å². The van der Waals surface area contributed by atoms with E-state index in [1.54, 1.807) is 24.3 Å². The van der Waals surface area contributed by atoms with Crippen LogP contribution in [0.3, 0.4) is 0 Å². The van der Waals surface area contributed by atoms with Gasteiger partial charge in [0, 0.05) is 0 Å². The topological polar surface area (TPSA) is 33.0 Å². The van der Waals surface area contributed by atoms with Crippen molar-refractivity contribution >= 4 is 0 Å². The zero-order chi connectivity index (χ0) is 12.4. The third-order valence-corrected chi connectivity index (χ3v) is 1.72. The van der Waals surface area contributed by atoms with Crippen molar-refractivity contribution in [2.45, 2.75) is 27.7 Å². The molecule has 2 nitrogen and oxygen atoms in total. The second-order valence-electron chi connectivity index (χ2n) is 3.23. The molecule has 0 atom stereocenters. The molecule has 0 bridgehead atoms. The average Bonchev–Trinajstić information content (AvgIpc) is 2.32. The van der Waals surface area contributed by atoms with Gasteiger partial charge in [-0.2, -0.15) is 5.26 Å². The third-order valence-electron chi connectivity index (χ3n) is 1.72. The molecule has 0 radical (unpaired) electrons. The van der Waals surface area contributed by atoms with Crippen LogP contribution in [-0.2, 0) is 0 Å². The van der Waals surface area contributed by atoms with Crippen molar-refractivity contribution in [3.8, 4) is 11.8 Å². The summed E-state index contributed by atoms with van der Waals surface area (Å²) in [7, 11) is 0. The number of hydrogen-bond acceptors (Lipinski definition) is 2. The minimum Gasteiger partial charge on any atom is -0.490 e.